The average molecular weight is 229 g/mol. The van der Waals surface area contributed by atoms with Crippen LogP contribution in [-0.2, 0) is 16.4 Å². The Bertz CT molecular complexity index is 397. The first kappa shape index (κ1) is 12.0. The summed E-state index contributed by atoms with van der Waals surface area (Å²) >= 11 is 0. The van der Waals surface area contributed by atoms with Crippen LogP contribution in [0.1, 0.15) is 12.5 Å². The van der Waals surface area contributed by atoms with Gasteiger partial charge in [0.15, 0.2) is 0 Å². The fourth-order valence-electron chi connectivity index (χ4n) is 1.12. The van der Waals surface area contributed by atoms with Gasteiger partial charge in [0.2, 0.25) is 10.0 Å². The molecule has 84 valence electrons. The number of aliphatic hydroxyl groups is 1. The maximum Gasteiger partial charge on any atom is 0.232 e. The molecule has 0 atom stereocenters. The van der Waals surface area contributed by atoms with Gasteiger partial charge in [0.1, 0.15) is 0 Å². The van der Waals surface area contributed by atoms with E-state index in [-0.39, 0.29) is 12.4 Å². The van der Waals surface area contributed by atoms with Crippen molar-refractivity contribution in [1.29, 1.82) is 0 Å². The second-order valence-corrected chi connectivity index (χ2v) is 5.19. The van der Waals surface area contributed by atoms with Crippen molar-refractivity contribution < 1.29 is 13.5 Å². The Morgan fingerprint density at radius 2 is 1.87 bits per heavy atom. The quantitative estimate of drug-likeness (QED) is 0.791. The van der Waals surface area contributed by atoms with Crippen molar-refractivity contribution >= 4 is 15.7 Å². The van der Waals surface area contributed by atoms with Crippen molar-refractivity contribution in [3.05, 3.63) is 29.8 Å². The first-order chi connectivity index (χ1) is 7.07. The lowest BCUT2D eigenvalue weighted by molar-refractivity contribution is 0.299. The molecule has 15 heavy (non-hydrogen) atoms. The minimum Gasteiger partial charge on any atom is -0.396 e. The third kappa shape index (κ3) is 3.89. The molecule has 0 aliphatic carbocycles. The highest BCUT2D eigenvalue weighted by Crippen LogP contribution is 2.11. The molecule has 1 rings (SSSR count). The van der Waals surface area contributed by atoms with Crippen LogP contribution in [0, 0.1) is 0 Å². The van der Waals surface area contributed by atoms with Crippen molar-refractivity contribution in [2.45, 2.75) is 13.3 Å². The molecule has 0 spiro atoms. The Balaban J connectivity index is 2.73. The number of sulfonamides is 1. The number of aliphatic hydroxyl groups excluding tert-OH is 1. The predicted octanol–water partition coefficient (Wildman–Crippen LogP) is 0.983. The third-order valence-corrected chi connectivity index (χ3v) is 3.31. The monoisotopic (exact) mass is 229 g/mol. The largest absolute Gasteiger partial charge is 0.396 e. The summed E-state index contributed by atoms with van der Waals surface area (Å²) in [7, 11) is -3.20. The topological polar surface area (TPSA) is 66.4 Å². The summed E-state index contributed by atoms with van der Waals surface area (Å²) in [6, 6.07) is 6.98. The summed E-state index contributed by atoms with van der Waals surface area (Å²) < 4.78 is 24.9. The van der Waals surface area contributed by atoms with E-state index in [0.717, 1.165) is 5.56 Å². The molecule has 0 bridgehead atoms. The van der Waals surface area contributed by atoms with Gasteiger partial charge in [-0.2, -0.15) is 0 Å². The molecule has 0 amide bonds. The second kappa shape index (κ2) is 5.14. The molecule has 2 N–H and O–H groups in total. The third-order valence-electron chi connectivity index (χ3n) is 2.01. The molecule has 1 aromatic carbocycles. The molecule has 5 heteroatoms. The standard InChI is InChI=1S/C10H15NO3S/c1-2-15(13,14)11-10-5-3-9(4-6-10)7-8-12/h3-6,11-12H,2,7-8H2,1H3. The zero-order valence-corrected chi connectivity index (χ0v) is 9.42. The van der Waals surface area contributed by atoms with Gasteiger partial charge in [-0.1, -0.05) is 12.1 Å². The van der Waals surface area contributed by atoms with Crippen LogP contribution in [0.4, 0.5) is 5.69 Å². The summed E-state index contributed by atoms with van der Waals surface area (Å²) in [6.45, 7) is 1.68. The molecule has 0 unspecified atom stereocenters. The molecule has 4 nitrogen and oxygen atoms in total. The van der Waals surface area contributed by atoms with Crippen LogP contribution in [0.2, 0.25) is 0 Å². The zero-order valence-electron chi connectivity index (χ0n) is 8.60. The summed E-state index contributed by atoms with van der Waals surface area (Å²) in [5, 5.41) is 8.70. The van der Waals surface area contributed by atoms with Crippen LogP contribution >= 0.6 is 0 Å². The molecular weight excluding hydrogens is 214 g/mol. The van der Waals surface area contributed by atoms with E-state index in [9.17, 15) is 8.42 Å². The van der Waals surface area contributed by atoms with E-state index in [1.807, 2.05) is 0 Å². The lowest BCUT2D eigenvalue weighted by Crippen LogP contribution is -2.14. The first-order valence-electron chi connectivity index (χ1n) is 4.77. The molecule has 0 saturated heterocycles. The summed E-state index contributed by atoms with van der Waals surface area (Å²) in [6.07, 6.45) is 0.584. The van der Waals surface area contributed by atoms with Crippen LogP contribution in [-0.4, -0.2) is 25.9 Å². The first-order valence-corrected chi connectivity index (χ1v) is 6.43. The summed E-state index contributed by atoms with van der Waals surface area (Å²) in [5.74, 6) is 0.0609. The van der Waals surface area contributed by atoms with Crippen molar-refractivity contribution in [2.75, 3.05) is 17.1 Å². The smallest absolute Gasteiger partial charge is 0.232 e. The van der Waals surface area contributed by atoms with E-state index < -0.39 is 10.0 Å². The average Bonchev–Trinajstić information content (AvgIpc) is 2.21. The Morgan fingerprint density at radius 1 is 1.27 bits per heavy atom. The molecular formula is C10H15NO3S. The van der Waals surface area contributed by atoms with Gasteiger partial charge in [-0.25, -0.2) is 8.42 Å². The van der Waals surface area contributed by atoms with Crippen molar-refractivity contribution in [3.8, 4) is 0 Å². The Hall–Kier alpha value is -1.07. The van der Waals surface area contributed by atoms with Crippen LogP contribution < -0.4 is 4.72 Å². The van der Waals surface area contributed by atoms with Gasteiger partial charge >= 0.3 is 0 Å². The molecule has 1 aromatic rings. The number of anilines is 1. The van der Waals surface area contributed by atoms with Crippen molar-refractivity contribution in [3.63, 3.8) is 0 Å². The molecule has 0 heterocycles. The molecule has 0 aliphatic rings. The van der Waals surface area contributed by atoms with Gasteiger partial charge in [0, 0.05) is 12.3 Å². The number of rotatable bonds is 5. The van der Waals surface area contributed by atoms with Gasteiger partial charge in [0.25, 0.3) is 0 Å². The van der Waals surface area contributed by atoms with E-state index in [4.69, 9.17) is 5.11 Å². The highest BCUT2D eigenvalue weighted by Gasteiger charge is 2.05. The fourth-order valence-corrected chi connectivity index (χ4v) is 1.76. The van der Waals surface area contributed by atoms with E-state index in [1.165, 1.54) is 0 Å². The summed E-state index contributed by atoms with van der Waals surface area (Å²) in [4.78, 5) is 0. The van der Waals surface area contributed by atoms with Crippen LogP contribution in [0.5, 0.6) is 0 Å². The maximum atomic E-state index is 11.2. The van der Waals surface area contributed by atoms with Gasteiger partial charge in [-0.3, -0.25) is 4.72 Å². The molecule has 0 fully saturated rings. The lowest BCUT2D eigenvalue weighted by atomic mass is 10.1. The van der Waals surface area contributed by atoms with Gasteiger partial charge in [0.05, 0.1) is 5.75 Å². The molecule has 0 aliphatic heterocycles. The normalized spacial score (nSPS) is 11.3. The molecule has 0 aromatic heterocycles. The minimum atomic E-state index is -3.20. The zero-order chi connectivity index (χ0) is 11.3. The Morgan fingerprint density at radius 3 is 2.33 bits per heavy atom. The van der Waals surface area contributed by atoms with Gasteiger partial charge < -0.3 is 5.11 Å². The number of nitrogens with one attached hydrogen (secondary N) is 1. The number of hydrogen-bond donors (Lipinski definition) is 2. The van der Waals surface area contributed by atoms with Gasteiger partial charge in [-0.05, 0) is 31.0 Å². The van der Waals surface area contributed by atoms with Gasteiger partial charge in [-0.15, -0.1) is 0 Å². The highest BCUT2D eigenvalue weighted by atomic mass is 32.2. The van der Waals surface area contributed by atoms with Crippen molar-refractivity contribution in [1.82, 2.24) is 0 Å². The van der Waals surface area contributed by atoms with Crippen LogP contribution in [0.15, 0.2) is 24.3 Å². The number of benzene rings is 1. The predicted molar refractivity (Wildman–Crippen MR) is 60.3 cm³/mol. The number of hydrogen-bond acceptors (Lipinski definition) is 3. The van der Waals surface area contributed by atoms with Crippen LogP contribution in [0.3, 0.4) is 0 Å². The van der Waals surface area contributed by atoms with E-state index in [1.54, 1.807) is 31.2 Å². The lowest BCUT2D eigenvalue weighted by Gasteiger charge is -2.06. The second-order valence-electron chi connectivity index (χ2n) is 3.18. The van der Waals surface area contributed by atoms with E-state index >= 15 is 0 Å². The van der Waals surface area contributed by atoms with E-state index in [2.05, 4.69) is 4.72 Å². The Kier molecular flexibility index (Phi) is 4.11. The molecule has 0 saturated carbocycles. The SMILES string of the molecule is CCS(=O)(=O)Nc1ccc(CCO)cc1. The Labute approximate surface area is 90.0 Å². The molecule has 0 radical (unpaired) electrons. The van der Waals surface area contributed by atoms with Crippen molar-refractivity contribution in [2.24, 2.45) is 0 Å². The summed E-state index contributed by atoms with van der Waals surface area (Å²) in [5.41, 5.74) is 1.54. The maximum absolute atomic E-state index is 11.2. The fraction of sp³-hybridized carbons (Fsp3) is 0.400. The minimum absolute atomic E-state index is 0.0609. The van der Waals surface area contributed by atoms with Crippen LogP contribution in [0.25, 0.3) is 0 Å². The highest BCUT2D eigenvalue weighted by molar-refractivity contribution is 7.92. The van der Waals surface area contributed by atoms with E-state index in [0.29, 0.717) is 12.1 Å².